The predicted octanol–water partition coefficient (Wildman–Crippen LogP) is 3.81. The molecular weight excluding hydrogens is 248 g/mol. The molecule has 0 saturated heterocycles. The van der Waals surface area contributed by atoms with E-state index in [1.54, 1.807) is 0 Å². The first kappa shape index (κ1) is 13.5. The minimum atomic E-state index is -0.0998. The fourth-order valence-electron chi connectivity index (χ4n) is 3.71. The lowest BCUT2D eigenvalue weighted by Gasteiger charge is -2.33. The zero-order chi connectivity index (χ0) is 14.0. The van der Waals surface area contributed by atoms with Crippen molar-refractivity contribution in [2.24, 2.45) is 5.41 Å². The van der Waals surface area contributed by atoms with Gasteiger partial charge in [0, 0.05) is 18.5 Å². The van der Waals surface area contributed by atoms with Gasteiger partial charge in [-0.15, -0.1) is 0 Å². The van der Waals surface area contributed by atoms with Gasteiger partial charge in [0.25, 0.3) is 0 Å². The zero-order valence-corrected chi connectivity index (χ0v) is 12.3. The van der Waals surface area contributed by atoms with Gasteiger partial charge in [-0.25, -0.2) is 0 Å². The Labute approximate surface area is 121 Å². The first-order valence-electron chi connectivity index (χ1n) is 7.92. The molecule has 0 bridgehead atoms. The molecule has 1 N–H and O–H groups in total. The second-order valence-corrected chi connectivity index (χ2v) is 6.10. The van der Waals surface area contributed by atoms with Crippen molar-refractivity contribution in [3.05, 3.63) is 24.3 Å². The molecule has 1 saturated carbocycles. The third-order valence-electron chi connectivity index (χ3n) is 5.01. The predicted molar refractivity (Wildman–Crippen MR) is 83.1 cm³/mol. The molecule has 0 atom stereocenters. The van der Waals surface area contributed by atoms with Crippen molar-refractivity contribution in [3.8, 4) is 0 Å². The number of benzene rings is 1. The molecule has 108 valence electrons. The molecule has 1 aliphatic heterocycles. The summed E-state index contributed by atoms with van der Waals surface area (Å²) in [5, 5.41) is 3.44. The summed E-state index contributed by atoms with van der Waals surface area (Å²) in [7, 11) is 0. The van der Waals surface area contributed by atoms with E-state index in [-0.39, 0.29) is 5.41 Å². The van der Waals surface area contributed by atoms with Gasteiger partial charge < -0.3 is 10.2 Å². The summed E-state index contributed by atoms with van der Waals surface area (Å²) in [5.74, 6) is 0.355. The van der Waals surface area contributed by atoms with Gasteiger partial charge >= 0.3 is 0 Å². The van der Waals surface area contributed by atoms with Gasteiger partial charge in [-0.3, -0.25) is 4.79 Å². The smallest absolute Gasteiger partial charge is 0.233 e. The van der Waals surface area contributed by atoms with Gasteiger partial charge in [0.2, 0.25) is 5.91 Å². The quantitative estimate of drug-likeness (QED) is 0.888. The summed E-state index contributed by atoms with van der Waals surface area (Å²) in [6.07, 6.45) is 6.52. The van der Waals surface area contributed by atoms with Crippen molar-refractivity contribution in [3.63, 3.8) is 0 Å². The minimum Gasteiger partial charge on any atom is -0.383 e. The normalized spacial score (nSPS) is 20.9. The molecule has 1 fully saturated rings. The van der Waals surface area contributed by atoms with Crippen LogP contribution in [0.4, 0.5) is 11.4 Å². The average Bonchev–Trinajstić information content (AvgIpc) is 2.88. The number of rotatable bonds is 2. The molecular formula is C17H24N2O. The number of hydrogen-bond donors (Lipinski definition) is 1. The Balaban J connectivity index is 1.95. The average molecular weight is 272 g/mol. The highest BCUT2D eigenvalue weighted by atomic mass is 16.2. The van der Waals surface area contributed by atoms with Crippen molar-refractivity contribution in [2.75, 3.05) is 23.3 Å². The molecule has 1 aromatic carbocycles. The van der Waals surface area contributed by atoms with Crippen molar-refractivity contribution in [2.45, 2.75) is 45.4 Å². The fourth-order valence-corrected chi connectivity index (χ4v) is 3.71. The lowest BCUT2D eigenvalue weighted by Crippen LogP contribution is -2.43. The SMILES string of the molecule is CCC1(C(=O)N2CCCNc3ccccc32)CCCC1. The number of carbonyl (C=O) groups is 1. The highest BCUT2D eigenvalue weighted by molar-refractivity contribution is 6.00. The number of nitrogens with one attached hydrogen (secondary N) is 1. The standard InChI is InChI=1S/C17H24N2O/c1-2-17(10-5-6-11-17)16(20)19-13-7-12-18-14-8-3-4-9-15(14)19/h3-4,8-9,18H,2,5-7,10-13H2,1H3. The molecule has 3 heteroatoms. The number of nitrogens with zero attached hydrogens (tertiary/aromatic N) is 1. The lowest BCUT2D eigenvalue weighted by atomic mass is 9.81. The van der Waals surface area contributed by atoms with Crippen molar-refractivity contribution >= 4 is 17.3 Å². The first-order chi connectivity index (χ1) is 9.77. The Bertz CT molecular complexity index is 492. The maximum Gasteiger partial charge on any atom is 0.233 e. The summed E-state index contributed by atoms with van der Waals surface area (Å²) < 4.78 is 0. The van der Waals surface area contributed by atoms with Crippen LogP contribution >= 0.6 is 0 Å². The Hall–Kier alpha value is -1.51. The summed E-state index contributed by atoms with van der Waals surface area (Å²) in [5.41, 5.74) is 2.06. The van der Waals surface area contributed by atoms with Crippen LogP contribution in [0, 0.1) is 5.41 Å². The molecule has 1 heterocycles. The first-order valence-corrected chi connectivity index (χ1v) is 7.92. The Morgan fingerprint density at radius 1 is 1.25 bits per heavy atom. The number of carbonyl (C=O) groups excluding carboxylic acids is 1. The van der Waals surface area contributed by atoms with E-state index in [1.807, 2.05) is 17.0 Å². The molecule has 0 radical (unpaired) electrons. The van der Waals surface area contributed by atoms with Gasteiger partial charge in [0.1, 0.15) is 0 Å². The Morgan fingerprint density at radius 3 is 2.75 bits per heavy atom. The van der Waals surface area contributed by atoms with Gasteiger partial charge in [0.15, 0.2) is 0 Å². The van der Waals surface area contributed by atoms with E-state index in [1.165, 1.54) is 12.8 Å². The van der Waals surface area contributed by atoms with Gasteiger partial charge in [-0.1, -0.05) is 31.9 Å². The topological polar surface area (TPSA) is 32.3 Å². The summed E-state index contributed by atoms with van der Waals surface area (Å²) in [4.78, 5) is 15.2. The highest BCUT2D eigenvalue weighted by Gasteiger charge is 2.42. The third-order valence-corrected chi connectivity index (χ3v) is 5.01. The summed E-state index contributed by atoms with van der Waals surface area (Å²) >= 11 is 0. The molecule has 0 spiro atoms. The van der Waals surface area contributed by atoms with Crippen molar-refractivity contribution in [1.82, 2.24) is 0 Å². The summed E-state index contributed by atoms with van der Waals surface area (Å²) in [6.45, 7) is 3.95. The molecule has 1 aromatic rings. The van der Waals surface area contributed by atoms with Crippen LogP contribution in [0.15, 0.2) is 24.3 Å². The highest BCUT2D eigenvalue weighted by Crippen LogP contribution is 2.44. The molecule has 0 aromatic heterocycles. The van der Waals surface area contributed by atoms with Crippen LogP contribution in [0.25, 0.3) is 0 Å². The van der Waals surface area contributed by atoms with Crippen LogP contribution in [-0.2, 0) is 4.79 Å². The molecule has 20 heavy (non-hydrogen) atoms. The largest absolute Gasteiger partial charge is 0.383 e. The van der Waals surface area contributed by atoms with E-state index in [2.05, 4.69) is 24.4 Å². The number of hydrogen-bond acceptors (Lipinski definition) is 2. The van der Waals surface area contributed by atoms with E-state index < -0.39 is 0 Å². The molecule has 2 aliphatic rings. The maximum atomic E-state index is 13.2. The van der Waals surface area contributed by atoms with Crippen LogP contribution in [0.3, 0.4) is 0 Å². The number of amides is 1. The molecule has 3 rings (SSSR count). The van der Waals surface area contributed by atoms with E-state index >= 15 is 0 Å². The van der Waals surface area contributed by atoms with E-state index in [0.717, 1.165) is 50.1 Å². The monoisotopic (exact) mass is 272 g/mol. The van der Waals surface area contributed by atoms with Crippen LogP contribution < -0.4 is 10.2 Å². The van der Waals surface area contributed by atoms with Gasteiger partial charge in [-0.05, 0) is 37.8 Å². The van der Waals surface area contributed by atoms with Crippen LogP contribution in [0.5, 0.6) is 0 Å². The molecule has 3 nitrogen and oxygen atoms in total. The van der Waals surface area contributed by atoms with E-state index in [0.29, 0.717) is 5.91 Å². The Morgan fingerprint density at radius 2 is 2.00 bits per heavy atom. The Kier molecular flexibility index (Phi) is 3.68. The lowest BCUT2D eigenvalue weighted by molar-refractivity contribution is -0.128. The second-order valence-electron chi connectivity index (χ2n) is 6.10. The number of fused-ring (bicyclic) bond motifs is 1. The maximum absolute atomic E-state index is 13.2. The molecule has 0 unspecified atom stereocenters. The molecule has 1 aliphatic carbocycles. The van der Waals surface area contributed by atoms with Crippen LogP contribution in [0.2, 0.25) is 0 Å². The van der Waals surface area contributed by atoms with Gasteiger partial charge in [-0.2, -0.15) is 0 Å². The van der Waals surface area contributed by atoms with Crippen LogP contribution in [0.1, 0.15) is 45.4 Å². The number of anilines is 2. The zero-order valence-electron chi connectivity index (χ0n) is 12.3. The minimum absolute atomic E-state index is 0.0998. The van der Waals surface area contributed by atoms with Crippen LogP contribution in [-0.4, -0.2) is 19.0 Å². The van der Waals surface area contributed by atoms with Crippen molar-refractivity contribution in [1.29, 1.82) is 0 Å². The van der Waals surface area contributed by atoms with Gasteiger partial charge in [0.05, 0.1) is 11.4 Å². The summed E-state index contributed by atoms with van der Waals surface area (Å²) in [6, 6.07) is 8.21. The third kappa shape index (κ3) is 2.19. The fraction of sp³-hybridized carbons (Fsp3) is 0.588. The van der Waals surface area contributed by atoms with E-state index in [4.69, 9.17) is 0 Å². The second kappa shape index (κ2) is 5.47. The van der Waals surface area contributed by atoms with E-state index in [9.17, 15) is 4.79 Å². The molecule has 1 amide bonds. The van der Waals surface area contributed by atoms with Crippen molar-refractivity contribution < 1.29 is 4.79 Å². The number of para-hydroxylation sites is 2.